The lowest BCUT2D eigenvalue weighted by molar-refractivity contribution is -0.123. The van der Waals surface area contributed by atoms with Crippen LogP contribution in [-0.2, 0) is 9.59 Å². The highest BCUT2D eigenvalue weighted by molar-refractivity contribution is 6.17. The molecule has 1 aliphatic heterocycles. The molecule has 4 rings (SSSR count). The van der Waals surface area contributed by atoms with Crippen LogP contribution in [0.3, 0.4) is 0 Å². The van der Waals surface area contributed by atoms with Gasteiger partial charge in [-0.3, -0.25) is 14.6 Å². The van der Waals surface area contributed by atoms with Crippen molar-refractivity contribution in [1.29, 1.82) is 0 Å². The number of nitrogens with zero attached hydrogens (tertiary/aromatic N) is 2. The molecule has 2 amide bonds. The molecular weight excluding hydrogens is 378 g/mol. The molecule has 2 aromatic carbocycles. The van der Waals surface area contributed by atoms with Crippen molar-refractivity contribution in [3.63, 3.8) is 0 Å². The van der Waals surface area contributed by atoms with Gasteiger partial charge in [-0.25, -0.2) is 0 Å². The average Bonchev–Trinajstić information content (AvgIpc) is 3.15. The number of nitrogens with one attached hydrogen (secondary N) is 1. The smallest absolute Gasteiger partial charge is 0.244 e. The second kappa shape index (κ2) is 8.30. The number of carbonyl (C=O) groups is 2. The summed E-state index contributed by atoms with van der Waals surface area (Å²) >= 11 is 0. The van der Waals surface area contributed by atoms with E-state index in [4.69, 9.17) is 9.73 Å². The van der Waals surface area contributed by atoms with Gasteiger partial charge in [-0.1, -0.05) is 12.1 Å². The number of rotatable bonds is 5. The van der Waals surface area contributed by atoms with Gasteiger partial charge in [0.1, 0.15) is 12.3 Å². The summed E-state index contributed by atoms with van der Waals surface area (Å²) < 4.78 is 5.60. The lowest BCUT2D eigenvalue weighted by Crippen LogP contribution is -2.42. The molecule has 6 heteroatoms. The Kier molecular flexibility index (Phi) is 5.57. The lowest BCUT2D eigenvalue weighted by atomic mass is 10.0. The van der Waals surface area contributed by atoms with E-state index in [1.54, 1.807) is 11.0 Å². The number of para-hydroxylation sites is 2. The maximum atomic E-state index is 13.4. The van der Waals surface area contributed by atoms with E-state index in [2.05, 4.69) is 5.32 Å². The molecule has 0 radical (unpaired) electrons. The first-order valence-corrected chi connectivity index (χ1v) is 10.5. The standard InChI is InChI=1S/C24H27N3O3/c1-4-30-22-11-6-5-9-19(22)26-23(28)14-27-21-13-16(3)15(2)12-20(21)25-18-10-7-8-17(18)24(27)29/h5-6,9,11-13,17H,4,7-8,10,14H2,1-3H3,(H,26,28)/t17-/m1/s1. The third-order valence-electron chi connectivity index (χ3n) is 5.80. The third kappa shape index (κ3) is 3.82. The first kappa shape index (κ1) is 20.1. The van der Waals surface area contributed by atoms with Crippen molar-refractivity contribution >= 4 is 34.6 Å². The van der Waals surface area contributed by atoms with Crippen LogP contribution >= 0.6 is 0 Å². The normalized spacial score (nSPS) is 17.7. The van der Waals surface area contributed by atoms with Crippen molar-refractivity contribution in [2.45, 2.75) is 40.0 Å². The number of carbonyl (C=O) groups excluding carboxylic acids is 2. The molecule has 0 unspecified atom stereocenters. The van der Waals surface area contributed by atoms with Gasteiger partial charge < -0.3 is 15.0 Å². The fourth-order valence-corrected chi connectivity index (χ4v) is 4.13. The summed E-state index contributed by atoms with van der Waals surface area (Å²) in [6, 6.07) is 11.3. The second-order valence-electron chi connectivity index (χ2n) is 7.87. The minimum absolute atomic E-state index is 0.0403. The van der Waals surface area contributed by atoms with Gasteiger partial charge in [0, 0.05) is 5.71 Å². The van der Waals surface area contributed by atoms with E-state index in [0.717, 1.165) is 41.8 Å². The zero-order valence-corrected chi connectivity index (χ0v) is 17.7. The molecule has 6 nitrogen and oxygen atoms in total. The van der Waals surface area contributed by atoms with E-state index in [1.165, 1.54) is 0 Å². The van der Waals surface area contributed by atoms with Crippen molar-refractivity contribution < 1.29 is 14.3 Å². The zero-order chi connectivity index (χ0) is 21.3. The molecule has 1 saturated carbocycles. The number of fused-ring (bicyclic) bond motifs is 2. The molecule has 2 aromatic rings. The predicted molar refractivity (Wildman–Crippen MR) is 119 cm³/mol. The topological polar surface area (TPSA) is 71.0 Å². The van der Waals surface area contributed by atoms with Crippen molar-refractivity contribution in [2.75, 3.05) is 23.4 Å². The number of hydrogen-bond donors (Lipinski definition) is 1. The van der Waals surface area contributed by atoms with Gasteiger partial charge in [0.15, 0.2) is 0 Å². The number of benzene rings is 2. The average molecular weight is 405 g/mol. The van der Waals surface area contributed by atoms with E-state index >= 15 is 0 Å². The quantitative estimate of drug-likeness (QED) is 0.793. The van der Waals surface area contributed by atoms with Gasteiger partial charge in [-0.15, -0.1) is 0 Å². The van der Waals surface area contributed by atoms with Gasteiger partial charge in [0.2, 0.25) is 11.8 Å². The van der Waals surface area contributed by atoms with Gasteiger partial charge >= 0.3 is 0 Å². The van der Waals surface area contributed by atoms with E-state index in [0.29, 0.717) is 23.7 Å². The Morgan fingerprint density at radius 1 is 1.23 bits per heavy atom. The van der Waals surface area contributed by atoms with Crippen LogP contribution < -0.4 is 15.0 Å². The number of aryl methyl sites for hydroxylation is 2. The summed E-state index contributed by atoms with van der Waals surface area (Å²) in [5.74, 6) is 0.0768. The Balaban J connectivity index is 1.64. The lowest BCUT2D eigenvalue weighted by Gasteiger charge is -2.25. The summed E-state index contributed by atoms with van der Waals surface area (Å²) in [4.78, 5) is 32.8. The summed E-state index contributed by atoms with van der Waals surface area (Å²) in [5, 5.41) is 2.90. The number of aliphatic imine (C=N–C) groups is 1. The second-order valence-corrected chi connectivity index (χ2v) is 7.87. The van der Waals surface area contributed by atoms with E-state index in [-0.39, 0.29) is 24.3 Å². The highest BCUT2D eigenvalue weighted by atomic mass is 16.5. The fraction of sp³-hybridized carbons (Fsp3) is 0.375. The minimum atomic E-state index is -0.263. The van der Waals surface area contributed by atoms with Crippen LogP contribution in [0.5, 0.6) is 5.75 Å². The molecule has 1 aliphatic carbocycles. The molecule has 1 fully saturated rings. The van der Waals surface area contributed by atoms with Gasteiger partial charge in [-0.2, -0.15) is 0 Å². The molecular formula is C24H27N3O3. The van der Waals surface area contributed by atoms with Crippen molar-refractivity contribution in [1.82, 2.24) is 0 Å². The van der Waals surface area contributed by atoms with Crippen LogP contribution in [0.25, 0.3) is 0 Å². The Morgan fingerprint density at radius 2 is 2.00 bits per heavy atom. The molecule has 30 heavy (non-hydrogen) atoms. The minimum Gasteiger partial charge on any atom is -0.492 e. The van der Waals surface area contributed by atoms with Crippen LogP contribution in [0.1, 0.15) is 37.3 Å². The number of ether oxygens (including phenoxy) is 1. The number of amides is 2. The monoisotopic (exact) mass is 405 g/mol. The highest BCUT2D eigenvalue weighted by Crippen LogP contribution is 2.39. The van der Waals surface area contributed by atoms with E-state index < -0.39 is 0 Å². The van der Waals surface area contributed by atoms with Gasteiger partial charge in [0.05, 0.1) is 29.6 Å². The summed E-state index contributed by atoms with van der Waals surface area (Å²) in [6.07, 6.45) is 2.58. The van der Waals surface area contributed by atoms with E-state index in [9.17, 15) is 9.59 Å². The maximum Gasteiger partial charge on any atom is 0.244 e. The summed E-state index contributed by atoms with van der Waals surface area (Å²) in [5.41, 5.74) is 5.21. The first-order chi connectivity index (χ1) is 14.5. The van der Waals surface area contributed by atoms with Crippen LogP contribution in [0.15, 0.2) is 41.4 Å². The molecule has 0 saturated heterocycles. The zero-order valence-electron chi connectivity index (χ0n) is 17.7. The highest BCUT2D eigenvalue weighted by Gasteiger charge is 2.37. The van der Waals surface area contributed by atoms with Gasteiger partial charge in [-0.05, 0) is 75.4 Å². The fourth-order valence-electron chi connectivity index (χ4n) is 4.13. The summed E-state index contributed by atoms with van der Waals surface area (Å²) in [6.45, 7) is 6.39. The SMILES string of the molecule is CCOc1ccccc1NC(=O)CN1C(=O)[C@@H]2CCCC2=Nc2cc(C)c(C)cc21. The van der Waals surface area contributed by atoms with Gasteiger partial charge in [0.25, 0.3) is 0 Å². The van der Waals surface area contributed by atoms with E-state index in [1.807, 2.05) is 51.1 Å². The Labute approximate surface area is 176 Å². The molecule has 0 aromatic heterocycles. The Bertz CT molecular complexity index is 1030. The molecule has 2 aliphatic rings. The third-order valence-corrected chi connectivity index (χ3v) is 5.80. The largest absolute Gasteiger partial charge is 0.492 e. The molecule has 1 atom stereocenters. The van der Waals surface area contributed by atoms with Crippen LogP contribution in [0.2, 0.25) is 0 Å². The van der Waals surface area contributed by atoms with Crippen molar-refractivity contribution in [3.05, 3.63) is 47.5 Å². The number of hydrogen-bond acceptors (Lipinski definition) is 4. The first-order valence-electron chi connectivity index (χ1n) is 10.5. The number of anilines is 2. The van der Waals surface area contributed by atoms with Crippen molar-refractivity contribution in [2.24, 2.45) is 10.9 Å². The molecule has 1 heterocycles. The maximum absolute atomic E-state index is 13.4. The Hall–Kier alpha value is -3.15. The summed E-state index contributed by atoms with van der Waals surface area (Å²) in [7, 11) is 0. The molecule has 156 valence electrons. The Morgan fingerprint density at radius 3 is 2.80 bits per heavy atom. The predicted octanol–water partition coefficient (Wildman–Crippen LogP) is 4.56. The van der Waals surface area contributed by atoms with Crippen molar-refractivity contribution in [3.8, 4) is 5.75 Å². The molecule has 0 bridgehead atoms. The van der Waals surface area contributed by atoms with Crippen LogP contribution in [0.4, 0.5) is 17.1 Å². The molecule has 0 spiro atoms. The van der Waals surface area contributed by atoms with Crippen LogP contribution in [0, 0.1) is 19.8 Å². The van der Waals surface area contributed by atoms with Crippen LogP contribution in [-0.4, -0.2) is 30.7 Å². The molecule has 1 N–H and O–H groups in total.